The fraction of sp³-hybridized carbons (Fsp3) is 0.120. The number of rotatable bonds is 5. The minimum absolute atomic E-state index is 0.0281. The van der Waals surface area contributed by atoms with Crippen LogP contribution in [-0.4, -0.2) is 23.4 Å². The highest BCUT2D eigenvalue weighted by molar-refractivity contribution is 6.51. The number of nitrogens with zero attached hydrogens (tertiary/aromatic N) is 1. The first-order chi connectivity index (χ1) is 15.0. The lowest BCUT2D eigenvalue weighted by Crippen LogP contribution is -2.29. The Morgan fingerprint density at radius 1 is 1.00 bits per heavy atom. The van der Waals surface area contributed by atoms with Gasteiger partial charge in [0.1, 0.15) is 11.5 Å². The zero-order valence-electron chi connectivity index (χ0n) is 16.8. The molecule has 1 N–H and O–H groups in total. The van der Waals surface area contributed by atoms with Gasteiger partial charge in [-0.2, -0.15) is 0 Å². The summed E-state index contributed by atoms with van der Waals surface area (Å²) in [6, 6.07) is 21.8. The van der Waals surface area contributed by atoms with E-state index >= 15 is 0 Å². The van der Waals surface area contributed by atoms with E-state index in [1.165, 1.54) is 4.90 Å². The molecule has 1 fully saturated rings. The van der Waals surface area contributed by atoms with Crippen LogP contribution in [0, 0.1) is 0 Å². The van der Waals surface area contributed by atoms with Gasteiger partial charge in [0, 0.05) is 16.3 Å². The van der Waals surface area contributed by atoms with Gasteiger partial charge in [-0.3, -0.25) is 14.5 Å². The molecule has 4 rings (SSSR count). The summed E-state index contributed by atoms with van der Waals surface area (Å²) in [6.45, 7) is 2.41. The van der Waals surface area contributed by atoms with E-state index in [0.29, 0.717) is 34.2 Å². The van der Waals surface area contributed by atoms with Gasteiger partial charge in [0.05, 0.1) is 18.2 Å². The summed E-state index contributed by atoms with van der Waals surface area (Å²) in [7, 11) is 0. The van der Waals surface area contributed by atoms with E-state index in [9.17, 15) is 14.7 Å². The van der Waals surface area contributed by atoms with Crippen molar-refractivity contribution in [1.29, 1.82) is 0 Å². The lowest BCUT2D eigenvalue weighted by molar-refractivity contribution is -0.132. The number of carbonyl (C=O) groups excluding carboxylic acids is 2. The first-order valence-corrected chi connectivity index (χ1v) is 10.2. The van der Waals surface area contributed by atoms with Gasteiger partial charge in [-0.15, -0.1) is 0 Å². The fourth-order valence-corrected chi connectivity index (χ4v) is 3.89. The third kappa shape index (κ3) is 3.92. The number of halogens is 1. The molecule has 1 amide bonds. The minimum Gasteiger partial charge on any atom is -0.507 e. The fourth-order valence-electron chi connectivity index (χ4n) is 3.70. The molecule has 1 aliphatic heterocycles. The topological polar surface area (TPSA) is 66.8 Å². The summed E-state index contributed by atoms with van der Waals surface area (Å²) in [5, 5.41) is 11.5. The number of aliphatic hydroxyl groups excluding tert-OH is 1. The van der Waals surface area contributed by atoms with E-state index in [4.69, 9.17) is 16.3 Å². The molecule has 1 atom stereocenters. The average Bonchev–Trinajstić information content (AvgIpc) is 3.05. The number of Topliss-reactive ketones (excluding diaryl/α,β-unsaturated/α-hetero) is 1. The van der Waals surface area contributed by atoms with Gasteiger partial charge in [-0.25, -0.2) is 0 Å². The number of ether oxygens (including phenoxy) is 1. The Balaban J connectivity index is 1.91. The van der Waals surface area contributed by atoms with Crippen LogP contribution >= 0.6 is 11.6 Å². The molecule has 1 aliphatic rings. The first-order valence-electron chi connectivity index (χ1n) is 9.86. The van der Waals surface area contributed by atoms with Crippen molar-refractivity contribution in [1.82, 2.24) is 0 Å². The van der Waals surface area contributed by atoms with E-state index in [0.717, 1.165) is 0 Å². The molecule has 31 heavy (non-hydrogen) atoms. The molecule has 156 valence electrons. The van der Waals surface area contributed by atoms with Gasteiger partial charge >= 0.3 is 0 Å². The summed E-state index contributed by atoms with van der Waals surface area (Å²) >= 11 is 6.15. The van der Waals surface area contributed by atoms with Gasteiger partial charge in [0.2, 0.25) is 0 Å². The van der Waals surface area contributed by atoms with Gasteiger partial charge in [-0.1, -0.05) is 60.1 Å². The monoisotopic (exact) mass is 433 g/mol. The quantitative estimate of drug-likeness (QED) is 0.334. The van der Waals surface area contributed by atoms with Crippen LogP contribution in [0.4, 0.5) is 5.69 Å². The molecule has 0 spiro atoms. The summed E-state index contributed by atoms with van der Waals surface area (Å²) < 4.78 is 5.51. The van der Waals surface area contributed by atoms with Crippen LogP contribution in [0.25, 0.3) is 5.76 Å². The number of anilines is 1. The van der Waals surface area contributed by atoms with Gasteiger partial charge in [0.25, 0.3) is 11.7 Å². The molecule has 3 aromatic rings. The smallest absolute Gasteiger partial charge is 0.300 e. The van der Waals surface area contributed by atoms with Crippen LogP contribution in [-0.2, 0) is 9.59 Å². The molecule has 0 bridgehead atoms. The molecule has 5 nitrogen and oxygen atoms in total. The number of hydrogen-bond donors (Lipinski definition) is 1. The highest BCUT2D eigenvalue weighted by atomic mass is 35.5. The minimum atomic E-state index is -0.811. The molecular weight excluding hydrogens is 414 g/mol. The van der Waals surface area contributed by atoms with Crippen molar-refractivity contribution in [3.05, 3.63) is 101 Å². The summed E-state index contributed by atoms with van der Waals surface area (Å²) in [4.78, 5) is 27.5. The Labute approximate surface area is 185 Å². The van der Waals surface area contributed by atoms with E-state index < -0.39 is 17.7 Å². The molecule has 0 saturated carbocycles. The van der Waals surface area contributed by atoms with Crippen molar-refractivity contribution in [3.63, 3.8) is 0 Å². The van der Waals surface area contributed by atoms with Crippen LogP contribution in [0.3, 0.4) is 0 Å². The van der Waals surface area contributed by atoms with Crippen LogP contribution < -0.4 is 9.64 Å². The zero-order chi connectivity index (χ0) is 22.0. The first kappa shape index (κ1) is 20.7. The zero-order valence-corrected chi connectivity index (χ0v) is 17.5. The molecule has 6 heteroatoms. The van der Waals surface area contributed by atoms with Crippen molar-refractivity contribution in [2.75, 3.05) is 11.5 Å². The molecule has 0 aliphatic carbocycles. The summed E-state index contributed by atoms with van der Waals surface area (Å²) in [5.74, 6) is -1.02. The molecule has 3 aromatic carbocycles. The highest BCUT2D eigenvalue weighted by Crippen LogP contribution is 2.42. The second kappa shape index (κ2) is 8.66. The Hall–Kier alpha value is -3.57. The average molecular weight is 434 g/mol. The van der Waals surface area contributed by atoms with E-state index in [1.807, 2.05) is 13.0 Å². The predicted octanol–water partition coefficient (Wildman–Crippen LogP) is 5.37. The molecule has 1 saturated heterocycles. The van der Waals surface area contributed by atoms with Gasteiger partial charge in [0.15, 0.2) is 0 Å². The SMILES string of the molecule is CCOc1ccc([C@H]2/C(=C(\O)c3ccccc3)C(=O)C(=O)N2c2cccc(Cl)c2)cc1. The van der Waals surface area contributed by atoms with Crippen molar-refractivity contribution < 1.29 is 19.4 Å². The van der Waals surface area contributed by atoms with Gasteiger partial charge < -0.3 is 9.84 Å². The van der Waals surface area contributed by atoms with E-state index in [1.54, 1.807) is 72.8 Å². The number of amides is 1. The highest BCUT2D eigenvalue weighted by Gasteiger charge is 2.47. The standard InChI is InChI=1S/C25H20ClNO4/c1-2-31-20-13-11-16(12-14-20)22-21(23(28)17-7-4-3-5-8-17)24(29)25(30)27(22)19-10-6-9-18(26)15-19/h3-15,22,28H,2H2,1H3/b23-21+/t22-/m0/s1. The number of carbonyl (C=O) groups is 2. The third-order valence-electron chi connectivity index (χ3n) is 5.08. The second-order valence-corrected chi connectivity index (χ2v) is 7.45. The molecular formula is C25H20ClNO4. The number of ketones is 1. The Morgan fingerprint density at radius 3 is 2.35 bits per heavy atom. The lowest BCUT2D eigenvalue weighted by atomic mass is 9.95. The van der Waals surface area contributed by atoms with Crippen LogP contribution in [0.5, 0.6) is 5.75 Å². The predicted molar refractivity (Wildman–Crippen MR) is 120 cm³/mol. The second-order valence-electron chi connectivity index (χ2n) is 7.02. The molecule has 1 heterocycles. The van der Waals surface area contributed by atoms with Crippen molar-refractivity contribution >= 4 is 34.7 Å². The number of aliphatic hydroxyl groups is 1. The Bertz CT molecular complexity index is 1160. The van der Waals surface area contributed by atoms with Crippen molar-refractivity contribution in [2.45, 2.75) is 13.0 Å². The molecule has 0 aromatic heterocycles. The van der Waals surface area contributed by atoms with Crippen molar-refractivity contribution in [2.24, 2.45) is 0 Å². The van der Waals surface area contributed by atoms with Crippen LogP contribution in [0.15, 0.2) is 84.4 Å². The lowest BCUT2D eigenvalue weighted by Gasteiger charge is -2.25. The van der Waals surface area contributed by atoms with E-state index in [-0.39, 0.29) is 11.3 Å². The maximum atomic E-state index is 13.1. The summed E-state index contributed by atoms with van der Waals surface area (Å²) in [5.41, 5.74) is 1.63. The largest absolute Gasteiger partial charge is 0.507 e. The molecule has 0 radical (unpaired) electrons. The number of hydrogen-bond acceptors (Lipinski definition) is 4. The van der Waals surface area contributed by atoms with Gasteiger partial charge in [-0.05, 0) is 42.8 Å². The Kier molecular flexibility index (Phi) is 5.78. The molecule has 0 unspecified atom stereocenters. The van der Waals surface area contributed by atoms with Crippen molar-refractivity contribution in [3.8, 4) is 5.75 Å². The summed E-state index contributed by atoms with van der Waals surface area (Å²) in [6.07, 6.45) is 0. The Morgan fingerprint density at radius 2 is 1.71 bits per heavy atom. The maximum absolute atomic E-state index is 13.1. The van der Waals surface area contributed by atoms with Crippen LogP contribution in [0.1, 0.15) is 24.1 Å². The van der Waals surface area contributed by atoms with E-state index in [2.05, 4.69) is 0 Å². The van der Waals surface area contributed by atoms with Crippen LogP contribution in [0.2, 0.25) is 5.02 Å². The maximum Gasteiger partial charge on any atom is 0.300 e. The third-order valence-corrected chi connectivity index (χ3v) is 5.32. The normalized spacial score (nSPS) is 17.7. The number of benzene rings is 3.